The summed E-state index contributed by atoms with van der Waals surface area (Å²) < 4.78 is 2.49. The molecule has 1 aromatic carbocycles. The summed E-state index contributed by atoms with van der Waals surface area (Å²) >= 11 is 1.45. The van der Waals surface area contributed by atoms with Crippen LogP contribution in [0.15, 0.2) is 18.2 Å². The van der Waals surface area contributed by atoms with Crippen LogP contribution in [-0.2, 0) is 11.3 Å². The highest BCUT2D eigenvalue weighted by molar-refractivity contribution is 7.18. The zero-order chi connectivity index (χ0) is 12.6. The number of thiazole rings is 1. The molecule has 0 saturated carbocycles. The number of nitrogens with zero attached hydrogens (tertiary/aromatic N) is 1. The van der Waals surface area contributed by atoms with Crippen molar-refractivity contribution in [3.05, 3.63) is 28.8 Å². The standard InChI is InChI=1S/C11H9NO4S/c1-6-12(5-10(13)14)8-4-7(11(15)16)2-3-9(8)17-6/h2-4H,5H2,1H3,(H-,13,14,15,16)/p+1. The molecule has 5 nitrogen and oxygen atoms in total. The summed E-state index contributed by atoms with van der Waals surface area (Å²) in [4.78, 5) is 21.6. The van der Waals surface area contributed by atoms with Gasteiger partial charge in [-0.25, -0.2) is 9.59 Å². The molecule has 17 heavy (non-hydrogen) atoms. The van der Waals surface area contributed by atoms with Crippen molar-refractivity contribution in [2.75, 3.05) is 0 Å². The Bertz CT molecular complexity index is 617. The summed E-state index contributed by atoms with van der Waals surface area (Å²) in [5, 5.41) is 18.6. The Labute approximate surface area is 101 Å². The molecule has 0 saturated heterocycles. The number of aliphatic carboxylic acids is 1. The minimum absolute atomic E-state index is 0.158. The van der Waals surface area contributed by atoms with E-state index in [-0.39, 0.29) is 12.1 Å². The summed E-state index contributed by atoms with van der Waals surface area (Å²) in [6, 6.07) is 4.73. The van der Waals surface area contributed by atoms with Crippen molar-refractivity contribution >= 4 is 33.5 Å². The van der Waals surface area contributed by atoms with Crippen molar-refractivity contribution in [2.45, 2.75) is 13.5 Å². The number of carbonyl (C=O) groups is 2. The van der Waals surface area contributed by atoms with Crippen molar-refractivity contribution in [2.24, 2.45) is 0 Å². The maximum Gasteiger partial charge on any atom is 0.370 e. The van der Waals surface area contributed by atoms with Crippen LogP contribution in [0.4, 0.5) is 0 Å². The summed E-state index contributed by atoms with van der Waals surface area (Å²) in [5.74, 6) is -1.96. The van der Waals surface area contributed by atoms with Gasteiger partial charge in [0, 0.05) is 13.0 Å². The van der Waals surface area contributed by atoms with Gasteiger partial charge in [-0.15, -0.1) is 0 Å². The fourth-order valence-corrected chi connectivity index (χ4v) is 2.66. The van der Waals surface area contributed by atoms with E-state index in [1.54, 1.807) is 10.6 Å². The zero-order valence-electron chi connectivity index (χ0n) is 9.01. The Hall–Kier alpha value is -1.95. The average Bonchev–Trinajstić information content (AvgIpc) is 2.54. The van der Waals surface area contributed by atoms with Crippen LogP contribution in [0.1, 0.15) is 15.4 Å². The van der Waals surface area contributed by atoms with Gasteiger partial charge in [-0.1, -0.05) is 11.3 Å². The van der Waals surface area contributed by atoms with Gasteiger partial charge in [0.05, 0.1) is 5.56 Å². The Morgan fingerprint density at radius 3 is 2.65 bits per heavy atom. The number of carboxylic acids is 2. The number of aryl methyl sites for hydroxylation is 1. The lowest BCUT2D eigenvalue weighted by atomic mass is 10.2. The van der Waals surface area contributed by atoms with E-state index in [1.165, 1.54) is 23.5 Å². The van der Waals surface area contributed by atoms with Gasteiger partial charge in [0.25, 0.3) is 0 Å². The van der Waals surface area contributed by atoms with E-state index in [9.17, 15) is 9.59 Å². The number of aromatic nitrogens is 1. The molecule has 0 aliphatic rings. The third-order valence-corrected chi connectivity index (χ3v) is 3.51. The number of fused-ring (bicyclic) bond motifs is 1. The van der Waals surface area contributed by atoms with E-state index in [1.807, 2.05) is 6.92 Å². The van der Waals surface area contributed by atoms with Gasteiger partial charge in [-0.05, 0) is 12.1 Å². The highest BCUT2D eigenvalue weighted by Crippen LogP contribution is 2.21. The second-order valence-corrected chi connectivity index (χ2v) is 4.82. The molecule has 6 heteroatoms. The summed E-state index contributed by atoms with van der Waals surface area (Å²) in [5.41, 5.74) is 0.809. The molecule has 88 valence electrons. The van der Waals surface area contributed by atoms with Crippen molar-refractivity contribution < 1.29 is 24.4 Å². The Kier molecular flexibility index (Phi) is 2.81. The number of carboxylic acid groups (broad SMARTS) is 2. The lowest BCUT2D eigenvalue weighted by molar-refractivity contribution is -0.661. The van der Waals surface area contributed by atoms with Crippen LogP contribution in [0, 0.1) is 6.92 Å². The number of aromatic carboxylic acids is 1. The first-order valence-corrected chi connectivity index (χ1v) is 5.69. The SMILES string of the molecule is Cc1sc2ccc(C(=O)O)cc2[n+]1CC(=O)O. The molecule has 0 radical (unpaired) electrons. The largest absolute Gasteiger partial charge is 0.478 e. The fourth-order valence-electron chi connectivity index (χ4n) is 1.66. The van der Waals surface area contributed by atoms with Gasteiger partial charge in [0.1, 0.15) is 4.70 Å². The third-order valence-electron chi connectivity index (χ3n) is 2.43. The Morgan fingerprint density at radius 2 is 2.06 bits per heavy atom. The first-order valence-electron chi connectivity index (χ1n) is 4.87. The molecule has 1 heterocycles. The predicted molar refractivity (Wildman–Crippen MR) is 61.4 cm³/mol. The second kappa shape index (κ2) is 4.14. The van der Waals surface area contributed by atoms with Crippen molar-refractivity contribution in [1.29, 1.82) is 0 Å². The molecule has 2 aromatic rings. The van der Waals surface area contributed by atoms with Gasteiger partial charge in [0.15, 0.2) is 0 Å². The summed E-state index contributed by atoms with van der Waals surface area (Å²) in [7, 11) is 0. The predicted octanol–water partition coefficient (Wildman–Crippen LogP) is 1.28. The number of hydrogen-bond donors (Lipinski definition) is 2. The van der Waals surface area contributed by atoms with Gasteiger partial charge in [0.2, 0.25) is 17.1 Å². The highest BCUT2D eigenvalue weighted by atomic mass is 32.1. The van der Waals surface area contributed by atoms with E-state index in [2.05, 4.69) is 0 Å². The van der Waals surface area contributed by atoms with E-state index >= 15 is 0 Å². The first kappa shape index (κ1) is 11.5. The lowest BCUT2D eigenvalue weighted by Gasteiger charge is -1.94. The van der Waals surface area contributed by atoms with Gasteiger partial charge in [-0.3, -0.25) is 0 Å². The van der Waals surface area contributed by atoms with E-state index in [4.69, 9.17) is 10.2 Å². The molecule has 0 atom stereocenters. The van der Waals surface area contributed by atoms with Crippen molar-refractivity contribution in [3.63, 3.8) is 0 Å². The lowest BCUT2D eigenvalue weighted by Crippen LogP contribution is -2.39. The van der Waals surface area contributed by atoms with Crippen LogP contribution in [0.3, 0.4) is 0 Å². The Morgan fingerprint density at radius 1 is 1.35 bits per heavy atom. The maximum atomic E-state index is 10.9. The fraction of sp³-hybridized carbons (Fsp3) is 0.182. The molecular weight excluding hydrogens is 242 g/mol. The maximum absolute atomic E-state index is 10.9. The van der Waals surface area contributed by atoms with E-state index in [0.29, 0.717) is 5.52 Å². The molecule has 0 fully saturated rings. The van der Waals surface area contributed by atoms with Crippen LogP contribution in [-0.4, -0.2) is 22.2 Å². The molecule has 0 aliphatic heterocycles. The van der Waals surface area contributed by atoms with Crippen molar-refractivity contribution in [3.8, 4) is 0 Å². The van der Waals surface area contributed by atoms with Crippen LogP contribution in [0.2, 0.25) is 0 Å². The highest BCUT2D eigenvalue weighted by Gasteiger charge is 2.21. The molecule has 0 unspecified atom stereocenters. The molecule has 0 spiro atoms. The normalized spacial score (nSPS) is 10.6. The monoisotopic (exact) mass is 252 g/mol. The number of benzene rings is 1. The molecule has 2 N–H and O–H groups in total. The topological polar surface area (TPSA) is 78.5 Å². The van der Waals surface area contributed by atoms with Crippen LogP contribution in [0.5, 0.6) is 0 Å². The van der Waals surface area contributed by atoms with E-state index < -0.39 is 11.9 Å². The smallest absolute Gasteiger partial charge is 0.370 e. The van der Waals surface area contributed by atoms with Gasteiger partial charge >= 0.3 is 11.9 Å². The number of hydrogen-bond acceptors (Lipinski definition) is 3. The minimum Gasteiger partial charge on any atom is -0.478 e. The molecule has 1 aromatic heterocycles. The molecule has 0 bridgehead atoms. The van der Waals surface area contributed by atoms with Crippen molar-refractivity contribution in [1.82, 2.24) is 0 Å². The molecule has 0 aliphatic carbocycles. The van der Waals surface area contributed by atoms with Gasteiger partial charge in [-0.2, -0.15) is 4.57 Å². The molecular formula is C11H10NO4S+. The van der Waals surface area contributed by atoms with Crippen LogP contribution in [0.25, 0.3) is 10.2 Å². The molecule has 0 amide bonds. The van der Waals surface area contributed by atoms with Crippen LogP contribution < -0.4 is 4.57 Å². The minimum atomic E-state index is -1.02. The zero-order valence-corrected chi connectivity index (χ0v) is 9.82. The summed E-state index contributed by atoms with van der Waals surface area (Å²) in [6.07, 6.45) is 0. The summed E-state index contributed by atoms with van der Waals surface area (Å²) in [6.45, 7) is 1.66. The van der Waals surface area contributed by atoms with Crippen LogP contribution >= 0.6 is 11.3 Å². The number of rotatable bonds is 3. The third kappa shape index (κ3) is 2.12. The van der Waals surface area contributed by atoms with Gasteiger partial charge < -0.3 is 10.2 Å². The average molecular weight is 252 g/mol. The first-order chi connectivity index (χ1) is 7.99. The van der Waals surface area contributed by atoms with E-state index in [0.717, 1.165) is 9.71 Å². The quantitative estimate of drug-likeness (QED) is 0.806. The Balaban J connectivity index is 2.64. The molecule has 2 rings (SSSR count). The second-order valence-electron chi connectivity index (χ2n) is 3.59.